The number of hydrogen-bond donors (Lipinski definition) is 1. The van der Waals surface area contributed by atoms with Gasteiger partial charge in [0.25, 0.3) is 0 Å². The predicted octanol–water partition coefficient (Wildman–Crippen LogP) is 3.14. The molecule has 0 bridgehead atoms. The molecule has 0 radical (unpaired) electrons. The summed E-state index contributed by atoms with van der Waals surface area (Å²) in [5.74, 6) is -0.843. The summed E-state index contributed by atoms with van der Waals surface area (Å²) in [5.41, 5.74) is 0.551. The molecular formula is C10H20O2Si. The van der Waals surface area contributed by atoms with Crippen molar-refractivity contribution in [3.05, 3.63) is 12.2 Å². The first kappa shape index (κ1) is 12.4. The lowest BCUT2D eigenvalue weighted by molar-refractivity contribution is -0.132. The van der Waals surface area contributed by atoms with E-state index in [1.807, 2.05) is 6.92 Å². The van der Waals surface area contributed by atoms with Crippen LogP contribution in [0.4, 0.5) is 0 Å². The summed E-state index contributed by atoms with van der Waals surface area (Å²) in [5, 5.41) is 8.81. The van der Waals surface area contributed by atoms with Gasteiger partial charge in [0.1, 0.15) is 0 Å². The fourth-order valence-corrected chi connectivity index (χ4v) is 4.31. The van der Waals surface area contributed by atoms with Crippen LogP contribution >= 0.6 is 0 Å². The Hall–Kier alpha value is -0.573. The van der Waals surface area contributed by atoms with Crippen molar-refractivity contribution in [2.75, 3.05) is 0 Å². The van der Waals surface area contributed by atoms with Crippen molar-refractivity contribution in [2.45, 2.75) is 44.9 Å². The van der Waals surface area contributed by atoms with Gasteiger partial charge in [-0.2, -0.15) is 0 Å². The van der Waals surface area contributed by atoms with Crippen LogP contribution < -0.4 is 0 Å². The highest BCUT2D eigenvalue weighted by molar-refractivity contribution is 6.79. The van der Waals surface area contributed by atoms with Gasteiger partial charge < -0.3 is 5.11 Å². The second-order valence-electron chi connectivity index (χ2n) is 4.29. The lowest BCUT2D eigenvalue weighted by Crippen LogP contribution is -2.33. The molecule has 0 spiro atoms. The summed E-state index contributed by atoms with van der Waals surface area (Å²) in [7, 11) is -1.41. The molecule has 0 rings (SSSR count). The van der Waals surface area contributed by atoms with Crippen LogP contribution in [0.25, 0.3) is 0 Å². The van der Waals surface area contributed by atoms with E-state index in [4.69, 9.17) is 5.11 Å². The highest BCUT2D eigenvalue weighted by Gasteiger charge is 2.31. The summed E-state index contributed by atoms with van der Waals surface area (Å²) in [6, 6.07) is 1.17. The molecule has 1 atom stereocenters. The van der Waals surface area contributed by atoms with E-state index in [0.717, 1.165) is 6.42 Å². The topological polar surface area (TPSA) is 37.3 Å². The smallest absolute Gasteiger partial charge is 0.330 e. The first-order chi connectivity index (χ1) is 5.83. The largest absolute Gasteiger partial charge is 0.478 e. The van der Waals surface area contributed by atoms with Crippen molar-refractivity contribution in [3.8, 4) is 0 Å². The monoisotopic (exact) mass is 200 g/mol. The number of rotatable bonds is 5. The van der Waals surface area contributed by atoms with Crippen LogP contribution in [-0.4, -0.2) is 19.1 Å². The average molecular weight is 200 g/mol. The van der Waals surface area contributed by atoms with Gasteiger partial charge in [-0.05, 0) is 5.54 Å². The molecule has 0 fully saturated rings. The second-order valence-corrected chi connectivity index (χ2v) is 9.63. The Morgan fingerprint density at radius 3 is 2.31 bits per heavy atom. The summed E-state index contributed by atoms with van der Waals surface area (Å²) in [6.07, 6.45) is 1.14. The van der Waals surface area contributed by atoms with Crippen LogP contribution in [0.5, 0.6) is 0 Å². The maximum Gasteiger partial charge on any atom is 0.330 e. The average Bonchev–Trinajstić information content (AvgIpc) is 2.01. The lowest BCUT2D eigenvalue weighted by atomic mass is 10.2. The SMILES string of the molecule is C=C(C(=O)O)C(C)[Si](C)(C)CCC. The van der Waals surface area contributed by atoms with Crippen molar-refractivity contribution in [2.24, 2.45) is 0 Å². The quantitative estimate of drug-likeness (QED) is 0.547. The van der Waals surface area contributed by atoms with Crippen molar-refractivity contribution in [3.63, 3.8) is 0 Å². The summed E-state index contributed by atoms with van der Waals surface area (Å²) in [6.45, 7) is 12.2. The van der Waals surface area contributed by atoms with Gasteiger partial charge in [0.15, 0.2) is 0 Å². The van der Waals surface area contributed by atoms with Gasteiger partial charge in [-0.15, -0.1) is 0 Å². The minimum absolute atomic E-state index is 0.171. The third kappa shape index (κ3) is 3.34. The van der Waals surface area contributed by atoms with Crippen LogP contribution in [0.1, 0.15) is 20.3 Å². The zero-order valence-corrected chi connectivity index (χ0v) is 10.1. The fourth-order valence-electron chi connectivity index (χ4n) is 1.52. The third-order valence-corrected chi connectivity index (χ3v) is 7.35. The molecular weight excluding hydrogens is 180 g/mol. The molecule has 13 heavy (non-hydrogen) atoms. The van der Waals surface area contributed by atoms with Crippen LogP contribution in [0, 0.1) is 0 Å². The van der Waals surface area contributed by atoms with Gasteiger partial charge in [-0.1, -0.05) is 46.0 Å². The van der Waals surface area contributed by atoms with Crippen molar-refractivity contribution < 1.29 is 9.90 Å². The minimum Gasteiger partial charge on any atom is -0.478 e. The van der Waals surface area contributed by atoms with E-state index in [2.05, 4.69) is 26.6 Å². The standard InChI is InChI=1S/C10H20O2Si/c1-6-7-13(4,5)9(3)8(2)10(11)12/h9H,2,6-7H2,1,3-5H3,(H,11,12). The van der Waals surface area contributed by atoms with Crippen LogP contribution in [0.15, 0.2) is 12.2 Å². The molecule has 1 unspecified atom stereocenters. The molecule has 0 aliphatic carbocycles. The molecule has 0 aromatic heterocycles. The Balaban J connectivity index is 4.48. The van der Waals surface area contributed by atoms with Crippen molar-refractivity contribution in [1.29, 1.82) is 0 Å². The summed E-state index contributed by atoms with van der Waals surface area (Å²) >= 11 is 0. The Labute approximate surface area is 81.7 Å². The van der Waals surface area contributed by atoms with Gasteiger partial charge in [0.05, 0.1) is 8.07 Å². The number of carbonyl (C=O) groups is 1. The summed E-state index contributed by atoms with van der Waals surface area (Å²) < 4.78 is 0. The van der Waals surface area contributed by atoms with E-state index < -0.39 is 14.0 Å². The minimum atomic E-state index is -1.41. The highest BCUT2D eigenvalue weighted by Crippen LogP contribution is 2.32. The predicted molar refractivity (Wildman–Crippen MR) is 58.8 cm³/mol. The first-order valence-corrected chi connectivity index (χ1v) is 8.03. The van der Waals surface area contributed by atoms with Gasteiger partial charge in [0.2, 0.25) is 0 Å². The van der Waals surface area contributed by atoms with E-state index in [1.165, 1.54) is 6.04 Å². The lowest BCUT2D eigenvalue weighted by Gasteiger charge is -2.29. The van der Waals surface area contributed by atoms with Gasteiger partial charge in [-0.3, -0.25) is 0 Å². The molecule has 0 aromatic carbocycles. The van der Waals surface area contributed by atoms with Crippen LogP contribution in [0.3, 0.4) is 0 Å². The molecule has 0 heterocycles. The Morgan fingerprint density at radius 2 is 2.00 bits per heavy atom. The zero-order valence-electron chi connectivity index (χ0n) is 9.05. The van der Waals surface area contributed by atoms with Crippen molar-refractivity contribution >= 4 is 14.0 Å². The van der Waals surface area contributed by atoms with Crippen molar-refractivity contribution in [1.82, 2.24) is 0 Å². The molecule has 0 aliphatic rings. The highest BCUT2D eigenvalue weighted by atomic mass is 28.3. The molecule has 0 aromatic rings. The molecule has 0 aliphatic heterocycles. The molecule has 3 heteroatoms. The van der Waals surface area contributed by atoms with Crippen LogP contribution in [0.2, 0.25) is 24.7 Å². The van der Waals surface area contributed by atoms with E-state index in [9.17, 15) is 4.79 Å². The fraction of sp³-hybridized carbons (Fsp3) is 0.700. The van der Waals surface area contributed by atoms with E-state index in [-0.39, 0.29) is 5.54 Å². The molecule has 76 valence electrons. The number of hydrogen-bond acceptors (Lipinski definition) is 1. The normalized spacial score (nSPS) is 13.8. The molecule has 0 amide bonds. The maximum absolute atomic E-state index is 10.7. The van der Waals surface area contributed by atoms with Gasteiger partial charge in [-0.25, -0.2) is 4.79 Å². The zero-order chi connectivity index (χ0) is 10.6. The summed E-state index contributed by atoms with van der Waals surface area (Å²) in [4.78, 5) is 10.7. The van der Waals surface area contributed by atoms with Gasteiger partial charge in [0, 0.05) is 5.57 Å². The van der Waals surface area contributed by atoms with Gasteiger partial charge >= 0.3 is 5.97 Å². The van der Waals surface area contributed by atoms with E-state index in [1.54, 1.807) is 0 Å². The molecule has 2 nitrogen and oxygen atoms in total. The number of carboxylic acid groups (broad SMARTS) is 1. The maximum atomic E-state index is 10.7. The van der Waals surface area contributed by atoms with E-state index >= 15 is 0 Å². The van der Waals surface area contributed by atoms with E-state index in [0.29, 0.717) is 5.57 Å². The molecule has 0 saturated heterocycles. The Morgan fingerprint density at radius 1 is 1.54 bits per heavy atom. The molecule has 0 saturated carbocycles. The molecule has 1 N–H and O–H groups in total. The second kappa shape index (κ2) is 4.60. The Kier molecular flexibility index (Phi) is 4.40. The van der Waals surface area contributed by atoms with Crippen LogP contribution in [-0.2, 0) is 4.79 Å². The number of carboxylic acids is 1. The first-order valence-electron chi connectivity index (χ1n) is 4.75. The third-order valence-electron chi connectivity index (χ3n) is 2.86. The number of aliphatic carboxylic acids is 1. The Bertz CT molecular complexity index is 209.